The number of carbonyl (C=O) groups is 1. The number of aliphatic imine (C=N–C) groups is 1. The van der Waals surface area contributed by atoms with Gasteiger partial charge in [-0.2, -0.15) is 0 Å². The van der Waals surface area contributed by atoms with E-state index in [-0.39, 0.29) is 29.9 Å². The number of nitrogens with zero attached hydrogens (tertiary/aromatic N) is 2. The first-order valence-corrected chi connectivity index (χ1v) is 10.2. The van der Waals surface area contributed by atoms with Crippen LogP contribution in [0.15, 0.2) is 29.3 Å². The fraction of sp³-hybridized carbons (Fsp3) is 0.619. The Balaban J connectivity index is 0.00000392. The van der Waals surface area contributed by atoms with Gasteiger partial charge in [0.1, 0.15) is 0 Å². The van der Waals surface area contributed by atoms with Gasteiger partial charge in [-0.05, 0) is 57.2 Å². The van der Waals surface area contributed by atoms with Crippen LogP contribution < -0.4 is 10.6 Å². The largest absolute Gasteiger partial charge is 0.382 e. The van der Waals surface area contributed by atoms with E-state index in [2.05, 4.69) is 22.5 Å². The molecule has 1 saturated heterocycles. The van der Waals surface area contributed by atoms with Gasteiger partial charge in [0.25, 0.3) is 5.91 Å². The summed E-state index contributed by atoms with van der Waals surface area (Å²) in [5.41, 5.74) is 1.86. The number of benzene rings is 1. The first-order chi connectivity index (χ1) is 13.2. The quantitative estimate of drug-likeness (QED) is 0.235. The predicted octanol–water partition coefficient (Wildman–Crippen LogP) is 3.41. The SMILES string of the molecule is CCNC(=NCc1ccc(C(=O)N2CCCCC2)cc1)NCCCOCC.I. The monoisotopic (exact) mass is 502 g/mol. The number of hydrogen-bond donors (Lipinski definition) is 2. The fourth-order valence-corrected chi connectivity index (χ4v) is 3.07. The maximum Gasteiger partial charge on any atom is 0.253 e. The second kappa shape index (κ2) is 14.6. The molecule has 0 aromatic heterocycles. The molecule has 0 saturated carbocycles. The minimum atomic E-state index is 0. The maximum atomic E-state index is 12.5. The standard InChI is InChI=1S/C21H34N4O2.HI/c1-3-22-21(23-13-8-16-27-4-2)24-17-18-9-11-19(12-10-18)20(26)25-14-6-5-7-15-25;/h9-12H,3-8,13-17H2,1-2H3,(H2,22,23,24);1H. The van der Waals surface area contributed by atoms with E-state index in [1.807, 2.05) is 36.1 Å². The van der Waals surface area contributed by atoms with Crippen molar-refractivity contribution in [2.24, 2.45) is 4.99 Å². The van der Waals surface area contributed by atoms with Gasteiger partial charge in [-0.1, -0.05) is 12.1 Å². The molecule has 1 aliphatic rings. The predicted molar refractivity (Wildman–Crippen MR) is 126 cm³/mol. The molecule has 1 aliphatic heterocycles. The number of rotatable bonds is 9. The number of ether oxygens (including phenoxy) is 1. The average molecular weight is 502 g/mol. The lowest BCUT2D eigenvalue weighted by atomic mass is 10.1. The Bertz CT molecular complexity index is 587. The van der Waals surface area contributed by atoms with Gasteiger partial charge in [-0.3, -0.25) is 4.79 Å². The molecule has 0 atom stereocenters. The van der Waals surface area contributed by atoms with Gasteiger partial charge in [0.05, 0.1) is 6.54 Å². The van der Waals surface area contributed by atoms with Crippen molar-refractivity contribution in [1.82, 2.24) is 15.5 Å². The molecule has 2 N–H and O–H groups in total. The van der Waals surface area contributed by atoms with Crippen molar-refractivity contribution in [2.75, 3.05) is 39.4 Å². The molecular formula is C21H35IN4O2. The molecule has 158 valence electrons. The van der Waals surface area contributed by atoms with E-state index < -0.39 is 0 Å². The molecule has 6 nitrogen and oxygen atoms in total. The third-order valence-corrected chi connectivity index (χ3v) is 4.57. The third kappa shape index (κ3) is 8.77. The number of guanidine groups is 1. The highest BCUT2D eigenvalue weighted by Crippen LogP contribution is 2.14. The topological polar surface area (TPSA) is 66.0 Å². The number of amides is 1. The smallest absolute Gasteiger partial charge is 0.253 e. The van der Waals surface area contributed by atoms with E-state index in [9.17, 15) is 4.79 Å². The molecule has 0 unspecified atom stereocenters. The molecule has 2 rings (SSSR count). The van der Waals surface area contributed by atoms with Gasteiger partial charge >= 0.3 is 0 Å². The Kier molecular flexibility index (Phi) is 12.9. The van der Waals surface area contributed by atoms with Crippen molar-refractivity contribution < 1.29 is 9.53 Å². The number of carbonyl (C=O) groups excluding carboxylic acids is 1. The lowest BCUT2D eigenvalue weighted by Crippen LogP contribution is -2.38. The van der Waals surface area contributed by atoms with Gasteiger partial charge in [0, 0.05) is 45.0 Å². The fourth-order valence-electron chi connectivity index (χ4n) is 3.07. The van der Waals surface area contributed by atoms with Crippen molar-refractivity contribution in [3.63, 3.8) is 0 Å². The zero-order valence-electron chi connectivity index (χ0n) is 17.2. The molecular weight excluding hydrogens is 467 g/mol. The van der Waals surface area contributed by atoms with Crippen molar-refractivity contribution in [3.05, 3.63) is 35.4 Å². The van der Waals surface area contributed by atoms with Gasteiger partial charge in [0.2, 0.25) is 0 Å². The van der Waals surface area contributed by atoms with Gasteiger partial charge in [-0.15, -0.1) is 24.0 Å². The van der Waals surface area contributed by atoms with Crippen LogP contribution in [0.1, 0.15) is 55.5 Å². The zero-order valence-corrected chi connectivity index (χ0v) is 19.5. The maximum absolute atomic E-state index is 12.5. The highest BCUT2D eigenvalue weighted by atomic mass is 127. The second-order valence-corrected chi connectivity index (χ2v) is 6.72. The molecule has 0 radical (unpaired) electrons. The molecule has 1 amide bonds. The lowest BCUT2D eigenvalue weighted by molar-refractivity contribution is 0.0724. The van der Waals surface area contributed by atoms with Crippen LogP contribution in [-0.2, 0) is 11.3 Å². The Labute approximate surface area is 186 Å². The van der Waals surface area contributed by atoms with Crippen LogP contribution in [0.25, 0.3) is 0 Å². The molecule has 7 heteroatoms. The highest BCUT2D eigenvalue weighted by molar-refractivity contribution is 14.0. The van der Waals surface area contributed by atoms with Gasteiger partial charge in [0.15, 0.2) is 5.96 Å². The summed E-state index contributed by atoms with van der Waals surface area (Å²) < 4.78 is 5.35. The summed E-state index contributed by atoms with van der Waals surface area (Å²) in [7, 11) is 0. The van der Waals surface area contributed by atoms with Crippen molar-refractivity contribution in [2.45, 2.75) is 46.1 Å². The molecule has 0 aliphatic carbocycles. The van der Waals surface area contributed by atoms with E-state index in [1.54, 1.807) is 0 Å². The van der Waals surface area contributed by atoms with E-state index in [1.165, 1.54) is 6.42 Å². The van der Waals surface area contributed by atoms with E-state index in [0.29, 0.717) is 6.54 Å². The van der Waals surface area contributed by atoms with Crippen LogP contribution >= 0.6 is 24.0 Å². The van der Waals surface area contributed by atoms with Crippen LogP contribution in [0, 0.1) is 0 Å². The minimum absolute atomic E-state index is 0. The van der Waals surface area contributed by atoms with Crippen molar-refractivity contribution in [3.8, 4) is 0 Å². The van der Waals surface area contributed by atoms with Crippen molar-refractivity contribution >= 4 is 35.8 Å². The average Bonchev–Trinajstić information content (AvgIpc) is 2.72. The summed E-state index contributed by atoms with van der Waals surface area (Å²) in [6.07, 6.45) is 4.41. The Hall–Kier alpha value is -1.35. The van der Waals surface area contributed by atoms with E-state index in [4.69, 9.17) is 4.74 Å². The van der Waals surface area contributed by atoms with Gasteiger partial charge < -0.3 is 20.3 Å². The van der Waals surface area contributed by atoms with Crippen molar-refractivity contribution in [1.29, 1.82) is 0 Å². The second-order valence-electron chi connectivity index (χ2n) is 6.72. The zero-order chi connectivity index (χ0) is 19.3. The summed E-state index contributed by atoms with van der Waals surface area (Å²) in [5.74, 6) is 0.955. The van der Waals surface area contributed by atoms with E-state index >= 15 is 0 Å². The molecule has 1 heterocycles. The van der Waals surface area contributed by atoms with E-state index in [0.717, 1.165) is 75.7 Å². The van der Waals surface area contributed by atoms with Crippen LogP contribution in [-0.4, -0.2) is 56.2 Å². The first-order valence-electron chi connectivity index (χ1n) is 10.2. The minimum Gasteiger partial charge on any atom is -0.382 e. The molecule has 1 aromatic carbocycles. The summed E-state index contributed by atoms with van der Waals surface area (Å²) in [6, 6.07) is 7.84. The first kappa shape index (κ1) is 24.7. The third-order valence-electron chi connectivity index (χ3n) is 4.57. The summed E-state index contributed by atoms with van der Waals surface area (Å²) in [5, 5.41) is 6.57. The Morgan fingerprint density at radius 1 is 1.11 bits per heavy atom. The van der Waals surface area contributed by atoms with Gasteiger partial charge in [-0.25, -0.2) is 4.99 Å². The molecule has 1 aromatic rings. The molecule has 1 fully saturated rings. The Morgan fingerprint density at radius 3 is 2.46 bits per heavy atom. The molecule has 0 spiro atoms. The van der Waals surface area contributed by atoms with Crippen LogP contribution in [0.5, 0.6) is 0 Å². The Morgan fingerprint density at radius 2 is 1.82 bits per heavy atom. The lowest BCUT2D eigenvalue weighted by Gasteiger charge is -2.26. The number of hydrogen-bond acceptors (Lipinski definition) is 3. The van der Waals surface area contributed by atoms with Crippen LogP contribution in [0.4, 0.5) is 0 Å². The summed E-state index contributed by atoms with van der Waals surface area (Å²) >= 11 is 0. The summed E-state index contributed by atoms with van der Waals surface area (Å²) in [6.45, 7) is 9.56. The normalized spacial score (nSPS) is 14.4. The summed E-state index contributed by atoms with van der Waals surface area (Å²) in [4.78, 5) is 19.1. The number of nitrogens with one attached hydrogen (secondary N) is 2. The molecule has 0 bridgehead atoms. The van der Waals surface area contributed by atoms with Crippen LogP contribution in [0.3, 0.4) is 0 Å². The highest BCUT2D eigenvalue weighted by Gasteiger charge is 2.17. The number of likely N-dealkylation sites (tertiary alicyclic amines) is 1. The number of piperidine rings is 1. The van der Waals surface area contributed by atoms with Crippen LogP contribution in [0.2, 0.25) is 0 Å². The number of halogens is 1. The molecule has 28 heavy (non-hydrogen) atoms.